The van der Waals surface area contributed by atoms with E-state index in [2.05, 4.69) is 46.4 Å². The number of hydrogen-bond acceptors (Lipinski definition) is 1. The van der Waals surface area contributed by atoms with Crippen molar-refractivity contribution >= 4 is 15.9 Å². The van der Waals surface area contributed by atoms with E-state index in [1.165, 1.54) is 23.7 Å². The van der Waals surface area contributed by atoms with Gasteiger partial charge in [0.15, 0.2) is 0 Å². The van der Waals surface area contributed by atoms with Gasteiger partial charge >= 0.3 is 0 Å². The van der Waals surface area contributed by atoms with E-state index >= 15 is 0 Å². The lowest BCUT2D eigenvalue weighted by Crippen LogP contribution is -2.24. The molecule has 1 aromatic carbocycles. The van der Waals surface area contributed by atoms with Gasteiger partial charge in [-0.25, -0.2) is 0 Å². The minimum atomic E-state index is 0.724. The van der Waals surface area contributed by atoms with E-state index in [-0.39, 0.29) is 0 Å². The maximum Gasteiger partial charge on any atom is 0.0178 e. The zero-order valence-electron chi connectivity index (χ0n) is 9.22. The molecule has 0 saturated heterocycles. The third kappa shape index (κ3) is 2.61. The summed E-state index contributed by atoms with van der Waals surface area (Å²) in [5, 5.41) is 3.46. The monoisotopic (exact) mass is 267 g/mol. The van der Waals surface area contributed by atoms with Crippen LogP contribution in [0.2, 0.25) is 0 Å². The summed E-state index contributed by atoms with van der Waals surface area (Å²) in [5.41, 5.74) is 3.10. The Kier molecular flexibility index (Phi) is 3.81. The van der Waals surface area contributed by atoms with E-state index in [1.807, 2.05) is 0 Å². The van der Waals surface area contributed by atoms with Gasteiger partial charge < -0.3 is 5.32 Å². The predicted molar refractivity (Wildman–Crippen MR) is 68.4 cm³/mol. The Morgan fingerprint density at radius 1 is 1.47 bits per heavy atom. The van der Waals surface area contributed by atoms with Crippen molar-refractivity contribution in [2.75, 3.05) is 13.1 Å². The molecule has 0 saturated carbocycles. The molecular formula is C13H18BrN. The van der Waals surface area contributed by atoms with Crippen molar-refractivity contribution < 1.29 is 0 Å². The van der Waals surface area contributed by atoms with Crippen LogP contribution in [0.1, 0.15) is 36.8 Å². The fourth-order valence-corrected chi connectivity index (χ4v) is 2.82. The molecule has 0 fully saturated rings. The average molecular weight is 268 g/mol. The minimum absolute atomic E-state index is 0.724. The van der Waals surface area contributed by atoms with Crippen LogP contribution >= 0.6 is 15.9 Å². The molecule has 1 aliphatic rings. The number of rotatable bonds is 3. The van der Waals surface area contributed by atoms with E-state index in [9.17, 15) is 0 Å². The standard InChI is InChI=1S/C13H18BrN/c1-2-15-9-11-5-3-4-10-8-12(14)6-7-13(10)11/h6-8,11,15H,2-5,9H2,1H3. The lowest BCUT2D eigenvalue weighted by Gasteiger charge is -2.25. The SMILES string of the molecule is CCNCC1CCCc2cc(Br)ccc21. The van der Waals surface area contributed by atoms with Crippen LogP contribution in [0.15, 0.2) is 22.7 Å². The van der Waals surface area contributed by atoms with E-state index in [0.29, 0.717) is 0 Å². The lowest BCUT2D eigenvalue weighted by molar-refractivity contribution is 0.515. The van der Waals surface area contributed by atoms with Crippen molar-refractivity contribution in [3.63, 3.8) is 0 Å². The second kappa shape index (κ2) is 5.13. The van der Waals surface area contributed by atoms with Gasteiger partial charge in [-0.2, -0.15) is 0 Å². The predicted octanol–water partition coefficient (Wildman–Crippen LogP) is 3.48. The highest BCUT2D eigenvalue weighted by atomic mass is 79.9. The van der Waals surface area contributed by atoms with Crippen LogP contribution in [-0.2, 0) is 6.42 Å². The van der Waals surface area contributed by atoms with Gasteiger partial charge in [0, 0.05) is 11.0 Å². The lowest BCUT2D eigenvalue weighted by atomic mass is 9.83. The molecule has 2 heteroatoms. The van der Waals surface area contributed by atoms with Crippen LogP contribution in [0.3, 0.4) is 0 Å². The fraction of sp³-hybridized carbons (Fsp3) is 0.538. The van der Waals surface area contributed by atoms with Gasteiger partial charge in [-0.05, 0) is 55.0 Å². The third-order valence-electron chi connectivity index (χ3n) is 3.18. The fourth-order valence-electron chi connectivity index (χ4n) is 2.41. The van der Waals surface area contributed by atoms with Crippen molar-refractivity contribution in [1.29, 1.82) is 0 Å². The maximum atomic E-state index is 3.55. The van der Waals surface area contributed by atoms with Crippen LogP contribution in [0.5, 0.6) is 0 Å². The summed E-state index contributed by atoms with van der Waals surface area (Å²) in [4.78, 5) is 0. The van der Waals surface area contributed by atoms with Crippen LogP contribution in [0.25, 0.3) is 0 Å². The largest absolute Gasteiger partial charge is 0.316 e. The number of halogens is 1. The maximum absolute atomic E-state index is 3.55. The molecule has 1 aromatic rings. The molecule has 1 atom stereocenters. The molecule has 0 bridgehead atoms. The van der Waals surface area contributed by atoms with Gasteiger partial charge in [0.1, 0.15) is 0 Å². The summed E-state index contributed by atoms with van der Waals surface area (Å²) < 4.78 is 1.21. The molecule has 1 N–H and O–H groups in total. The highest BCUT2D eigenvalue weighted by molar-refractivity contribution is 9.10. The molecule has 0 aliphatic heterocycles. The Morgan fingerprint density at radius 2 is 2.33 bits per heavy atom. The van der Waals surface area contributed by atoms with Gasteiger partial charge in [0.2, 0.25) is 0 Å². The second-order valence-electron chi connectivity index (χ2n) is 4.24. The summed E-state index contributed by atoms with van der Waals surface area (Å²) in [6, 6.07) is 6.75. The smallest absolute Gasteiger partial charge is 0.0178 e. The number of fused-ring (bicyclic) bond motifs is 1. The summed E-state index contributed by atoms with van der Waals surface area (Å²) in [7, 11) is 0. The Hall–Kier alpha value is -0.340. The first-order valence-electron chi connectivity index (χ1n) is 5.80. The van der Waals surface area contributed by atoms with Crippen LogP contribution < -0.4 is 5.32 Å². The molecule has 0 amide bonds. The number of nitrogens with one attached hydrogen (secondary N) is 1. The molecular weight excluding hydrogens is 250 g/mol. The van der Waals surface area contributed by atoms with Crippen LogP contribution in [0.4, 0.5) is 0 Å². The number of benzene rings is 1. The van der Waals surface area contributed by atoms with E-state index in [1.54, 1.807) is 11.1 Å². The van der Waals surface area contributed by atoms with Gasteiger partial charge in [0.25, 0.3) is 0 Å². The molecule has 82 valence electrons. The zero-order valence-corrected chi connectivity index (χ0v) is 10.8. The quantitative estimate of drug-likeness (QED) is 0.885. The molecule has 0 radical (unpaired) electrons. The number of aryl methyl sites for hydroxylation is 1. The van der Waals surface area contributed by atoms with Gasteiger partial charge in [-0.1, -0.05) is 28.9 Å². The zero-order chi connectivity index (χ0) is 10.7. The molecule has 15 heavy (non-hydrogen) atoms. The summed E-state index contributed by atoms with van der Waals surface area (Å²) in [6.45, 7) is 4.37. The van der Waals surface area contributed by atoms with Crippen LogP contribution in [-0.4, -0.2) is 13.1 Å². The van der Waals surface area contributed by atoms with E-state index in [0.717, 1.165) is 19.0 Å². The summed E-state index contributed by atoms with van der Waals surface area (Å²) >= 11 is 3.55. The Labute approximate surface area is 100 Å². The summed E-state index contributed by atoms with van der Waals surface area (Å²) in [5.74, 6) is 0.724. The Bertz CT molecular complexity index is 335. The molecule has 1 nitrogen and oxygen atoms in total. The van der Waals surface area contributed by atoms with Crippen molar-refractivity contribution in [2.45, 2.75) is 32.1 Å². The van der Waals surface area contributed by atoms with Crippen molar-refractivity contribution in [1.82, 2.24) is 5.32 Å². The van der Waals surface area contributed by atoms with E-state index < -0.39 is 0 Å². The molecule has 1 aliphatic carbocycles. The highest BCUT2D eigenvalue weighted by Crippen LogP contribution is 2.32. The van der Waals surface area contributed by atoms with Gasteiger partial charge in [0.05, 0.1) is 0 Å². The first-order valence-corrected chi connectivity index (χ1v) is 6.59. The Balaban J connectivity index is 2.18. The van der Waals surface area contributed by atoms with Gasteiger partial charge in [-0.3, -0.25) is 0 Å². The second-order valence-corrected chi connectivity index (χ2v) is 5.16. The molecule has 0 heterocycles. The third-order valence-corrected chi connectivity index (χ3v) is 3.68. The highest BCUT2D eigenvalue weighted by Gasteiger charge is 2.19. The normalized spacial score (nSPS) is 20.0. The molecule has 0 spiro atoms. The first kappa shape index (κ1) is 11.2. The van der Waals surface area contributed by atoms with Crippen molar-refractivity contribution in [3.8, 4) is 0 Å². The molecule has 2 rings (SSSR count). The first-order chi connectivity index (χ1) is 7.31. The van der Waals surface area contributed by atoms with Crippen molar-refractivity contribution in [2.24, 2.45) is 0 Å². The van der Waals surface area contributed by atoms with Gasteiger partial charge in [-0.15, -0.1) is 0 Å². The van der Waals surface area contributed by atoms with Crippen LogP contribution in [0, 0.1) is 0 Å². The molecule has 1 unspecified atom stereocenters. The number of likely N-dealkylation sites (N-methyl/N-ethyl adjacent to an activating group) is 1. The average Bonchev–Trinajstić information content (AvgIpc) is 2.25. The summed E-state index contributed by atoms with van der Waals surface area (Å²) in [6.07, 6.45) is 3.92. The van der Waals surface area contributed by atoms with E-state index in [4.69, 9.17) is 0 Å². The Morgan fingerprint density at radius 3 is 3.13 bits per heavy atom. The topological polar surface area (TPSA) is 12.0 Å². The van der Waals surface area contributed by atoms with Crippen molar-refractivity contribution in [3.05, 3.63) is 33.8 Å². The molecule has 0 aromatic heterocycles. The minimum Gasteiger partial charge on any atom is -0.316 e. The number of hydrogen-bond donors (Lipinski definition) is 1.